The second-order valence-corrected chi connectivity index (χ2v) is 6.49. The summed E-state index contributed by atoms with van der Waals surface area (Å²) in [5.74, 6) is -2.01. The number of anilines is 1. The average molecular weight is 380 g/mol. The normalized spacial score (nSPS) is 13.9. The number of nitrogens with one attached hydrogen (secondary N) is 1. The second-order valence-electron chi connectivity index (χ2n) is 6.49. The van der Waals surface area contributed by atoms with E-state index in [4.69, 9.17) is 4.74 Å². The summed E-state index contributed by atoms with van der Waals surface area (Å²) in [5, 5.41) is 2.61. The first-order valence-electron chi connectivity index (χ1n) is 8.96. The van der Waals surface area contributed by atoms with Gasteiger partial charge in [0.25, 0.3) is 17.7 Å². The minimum Gasteiger partial charge on any atom is -0.452 e. The zero-order valence-electron chi connectivity index (χ0n) is 15.6. The van der Waals surface area contributed by atoms with Crippen LogP contribution in [-0.4, -0.2) is 41.2 Å². The summed E-state index contributed by atoms with van der Waals surface area (Å²) in [6.45, 7) is 3.22. The Morgan fingerprint density at radius 2 is 1.71 bits per heavy atom. The number of para-hydroxylation sites is 1. The number of carbonyl (C=O) groups is 4. The lowest BCUT2D eigenvalue weighted by Crippen LogP contribution is -2.37. The van der Waals surface area contributed by atoms with E-state index in [1.165, 1.54) is 23.1 Å². The number of carbonyl (C=O) groups excluding carboxylic acids is 4. The van der Waals surface area contributed by atoms with Crippen molar-refractivity contribution in [1.29, 1.82) is 0 Å². The van der Waals surface area contributed by atoms with Crippen LogP contribution in [0.2, 0.25) is 0 Å². The molecule has 0 aromatic heterocycles. The molecular weight excluding hydrogens is 360 g/mol. The molecule has 7 nitrogen and oxygen atoms in total. The molecule has 28 heavy (non-hydrogen) atoms. The van der Waals surface area contributed by atoms with Crippen molar-refractivity contribution in [1.82, 2.24) is 4.90 Å². The Morgan fingerprint density at radius 3 is 2.39 bits per heavy atom. The van der Waals surface area contributed by atoms with Crippen molar-refractivity contribution in [2.75, 3.05) is 11.9 Å². The number of esters is 1. The number of amides is 3. The van der Waals surface area contributed by atoms with E-state index in [-0.39, 0.29) is 28.6 Å². The summed E-state index contributed by atoms with van der Waals surface area (Å²) in [6.07, 6.45) is 0.636. The largest absolute Gasteiger partial charge is 0.452 e. The molecule has 2 aromatic carbocycles. The predicted octanol–water partition coefficient (Wildman–Crippen LogP) is 2.88. The number of hydrogen-bond acceptors (Lipinski definition) is 5. The van der Waals surface area contributed by atoms with Gasteiger partial charge in [-0.25, -0.2) is 4.79 Å². The zero-order chi connectivity index (χ0) is 20.3. The van der Waals surface area contributed by atoms with Gasteiger partial charge in [0.2, 0.25) is 0 Å². The van der Waals surface area contributed by atoms with Crippen LogP contribution in [-0.2, 0) is 9.53 Å². The first-order valence-corrected chi connectivity index (χ1v) is 8.96. The van der Waals surface area contributed by atoms with E-state index >= 15 is 0 Å². The van der Waals surface area contributed by atoms with Gasteiger partial charge in [0.05, 0.1) is 16.7 Å². The van der Waals surface area contributed by atoms with Crippen molar-refractivity contribution in [2.24, 2.45) is 0 Å². The van der Waals surface area contributed by atoms with Crippen molar-refractivity contribution in [3.05, 3.63) is 65.2 Å². The topological polar surface area (TPSA) is 92.8 Å². The molecule has 1 N–H and O–H groups in total. The quantitative estimate of drug-likeness (QED) is 0.614. The smallest absolute Gasteiger partial charge is 0.338 e. The van der Waals surface area contributed by atoms with Crippen LogP contribution in [0.5, 0.6) is 0 Å². The Hall–Kier alpha value is -3.48. The SMILES string of the molecule is CC[C@H](C)N1C(=O)c2ccc(C(=O)OCC(=O)Nc3ccccc3)cc2C1=O. The maximum absolute atomic E-state index is 12.5. The van der Waals surface area contributed by atoms with Gasteiger partial charge in [-0.2, -0.15) is 0 Å². The first-order chi connectivity index (χ1) is 13.4. The lowest BCUT2D eigenvalue weighted by Gasteiger charge is -2.20. The summed E-state index contributed by atoms with van der Waals surface area (Å²) in [5.41, 5.74) is 1.14. The third-order valence-corrected chi connectivity index (χ3v) is 4.58. The van der Waals surface area contributed by atoms with Gasteiger partial charge in [-0.3, -0.25) is 19.3 Å². The molecule has 0 fully saturated rings. The number of benzene rings is 2. The van der Waals surface area contributed by atoms with Gasteiger partial charge in [0, 0.05) is 11.7 Å². The highest BCUT2D eigenvalue weighted by Gasteiger charge is 2.38. The van der Waals surface area contributed by atoms with Gasteiger partial charge < -0.3 is 10.1 Å². The molecular formula is C21H20N2O5. The predicted molar refractivity (Wildman–Crippen MR) is 102 cm³/mol. The molecule has 0 spiro atoms. The average Bonchev–Trinajstić information content (AvgIpc) is 2.96. The summed E-state index contributed by atoms with van der Waals surface area (Å²) in [4.78, 5) is 50.3. The van der Waals surface area contributed by atoms with Crippen molar-refractivity contribution >= 4 is 29.4 Å². The van der Waals surface area contributed by atoms with Gasteiger partial charge >= 0.3 is 5.97 Å². The summed E-state index contributed by atoms with van der Waals surface area (Å²) in [6, 6.07) is 12.8. The van der Waals surface area contributed by atoms with Crippen molar-refractivity contribution < 1.29 is 23.9 Å². The monoisotopic (exact) mass is 380 g/mol. The minimum atomic E-state index is -0.742. The number of ether oxygens (including phenoxy) is 1. The Bertz CT molecular complexity index is 939. The molecule has 1 heterocycles. The van der Waals surface area contributed by atoms with E-state index in [0.717, 1.165) is 0 Å². The molecule has 1 aliphatic heterocycles. The number of fused-ring (bicyclic) bond motifs is 1. The van der Waals surface area contributed by atoms with Gasteiger partial charge in [-0.05, 0) is 43.7 Å². The third-order valence-electron chi connectivity index (χ3n) is 4.58. The molecule has 7 heteroatoms. The number of rotatable bonds is 6. The molecule has 0 radical (unpaired) electrons. The van der Waals surface area contributed by atoms with Crippen LogP contribution in [0.1, 0.15) is 51.3 Å². The molecule has 3 rings (SSSR count). The maximum atomic E-state index is 12.5. The van der Waals surface area contributed by atoms with Crippen LogP contribution in [0, 0.1) is 0 Å². The van der Waals surface area contributed by atoms with Crippen molar-refractivity contribution in [3.8, 4) is 0 Å². The molecule has 1 atom stereocenters. The molecule has 0 saturated heterocycles. The Labute approximate surface area is 162 Å². The fourth-order valence-electron chi connectivity index (χ4n) is 2.90. The second kappa shape index (κ2) is 8.04. The Morgan fingerprint density at radius 1 is 1.04 bits per heavy atom. The molecule has 1 aliphatic rings. The van der Waals surface area contributed by atoms with Crippen molar-refractivity contribution in [3.63, 3.8) is 0 Å². The Kier molecular flexibility index (Phi) is 5.54. The molecule has 3 amide bonds. The molecule has 0 bridgehead atoms. The van der Waals surface area contributed by atoms with Crippen LogP contribution in [0.15, 0.2) is 48.5 Å². The van der Waals surface area contributed by atoms with Gasteiger partial charge in [-0.15, -0.1) is 0 Å². The Balaban J connectivity index is 1.66. The minimum absolute atomic E-state index is 0.110. The highest BCUT2D eigenvalue weighted by atomic mass is 16.5. The van der Waals surface area contributed by atoms with Crippen LogP contribution < -0.4 is 5.32 Å². The summed E-state index contributed by atoms with van der Waals surface area (Å²) in [7, 11) is 0. The third kappa shape index (κ3) is 3.78. The van der Waals surface area contributed by atoms with Gasteiger partial charge in [0.1, 0.15) is 0 Å². The van der Waals surface area contributed by atoms with Crippen LogP contribution >= 0.6 is 0 Å². The first kappa shape index (κ1) is 19.3. The van der Waals surface area contributed by atoms with E-state index in [1.807, 2.05) is 13.0 Å². The molecule has 144 valence electrons. The van der Waals surface area contributed by atoms with Crippen LogP contribution in [0.3, 0.4) is 0 Å². The van der Waals surface area contributed by atoms with Gasteiger partial charge in [-0.1, -0.05) is 25.1 Å². The van der Waals surface area contributed by atoms with Crippen LogP contribution in [0.25, 0.3) is 0 Å². The molecule has 2 aromatic rings. The number of nitrogens with zero attached hydrogens (tertiary/aromatic N) is 1. The van der Waals surface area contributed by atoms with E-state index in [9.17, 15) is 19.2 Å². The molecule has 0 aliphatic carbocycles. The molecule has 0 saturated carbocycles. The van der Waals surface area contributed by atoms with E-state index in [0.29, 0.717) is 12.1 Å². The lowest BCUT2D eigenvalue weighted by molar-refractivity contribution is -0.119. The van der Waals surface area contributed by atoms with Crippen molar-refractivity contribution in [2.45, 2.75) is 26.3 Å². The molecule has 0 unspecified atom stereocenters. The highest BCUT2D eigenvalue weighted by Crippen LogP contribution is 2.26. The fourth-order valence-corrected chi connectivity index (χ4v) is 2.90. The maximum Gasteiger partial charge on any atom is 0.338 e. The van der Waals surface area contributed by atoms with Crippen LogP contribution in [0.4, 0.5) is 5.69 Å². The van der Waals surface area contributed by atoms with E-state index < -0.39 is 24.4 Å². The van der Waals surface area contributed by atoms with E-state index in [2.05, 4.69) is 5.32 Å². The number of hydrogen-bond donors (Lipinski definition) is 1. The summed E-state index contributed by atoms with van der Waals surface area (Å²) >= 11 is 0. The lowest BCUT2D eigenvalue weighted by atomic mass is 10.1. The number of imide groups is 1. The van der Waals surface area contributed by atoms with Gasteiger partial charge in [0.15, 0.2) is 6.61 Å². The fraction of sp³-hybridized carbons (Fsp3) is 0.238. The summed E-state index contributed by atoms with van der Waals surface area (Å²) < 4.78 is 5.02. The van der Waals surface area contributed by atoms with E-state index in [1.54, 1.807) is 31.2 Å². The zero-order valence-corrected chi connectivity index (χ0v) is 15.6. The highest BCUT2D eigenvalue weighted by molar-refractivity contribution is 6.22. The standard InChI is InChI=1S/C21H20N2O5/c1-3-13(2)23-19(25)16-10-9-14(11-17(16)20(23)26)21(27)28-12-18(24)22-15-7-5-4-6-8-15/h4-11,13H,3,12H2,1-2H3,(H,22,24)/t13-/m0/s1.